The van der Waals surface area contributed by atoms with Gasteiger partial charge in [-0.3, -0.25) is 9.69 Å². The Morgan fingerprint density at radius 2 is 1.86 bits per heavy atom. The third kappa shape index (κ3) is 3.39. The van der Waals surface area contributed by atoms with Gasteiger partial charge >= 0.3 is 6.03 Å². The van der Waals surface area contributed by atoms with Crippen LogP contribution in [0.4, 0.5) is 4.79 Å². The summed E-state index contributed by atoms with van der Waals surface area (Å²) in [5, 5.41) is 5.01. The number of rotatable bonds is 5. The number of carbonyl (C=O) groups excluding carboxylic acids is 2. The summed E-state index contributed by atoms with van der Waals surface area (Å²) in [5.74, 6) is -0.246. The second kappa shape index (κ2) is 7.20. The van der Waals surface area contributed by atoms with Crippen LogP contribution in [0.15, 0.2) is 54.6 Å². The van der Waals surface area contributed by atoms with E-state index in [-0.39, 0.29) is 18.6 Å². The predicted molar refractivity (Wildman–Crippen MR) is 112 cm³/mol. The van der Waals surface area contributed by atoms with Gasteiger partial charge in [-0.15, -0.1) is 11.3 Å². The molecule has 0 unspecified atom stereocenters. The Morgan fingerprint density at radius 1 is 1.11 bits per heavy atom. The molecule has 1 atom stereocenters. The molecule has 7 heteroatoms. The normalized spacial score (nSPS) is 19.6. The summed E-state index contributed by atoms with van der Waals surface area (Å²) in [6.45, 7) is 2.58. The van der Waals surface area contributed by atoms with Crippen molar-refractivity contribution in [3.05, 3.63) is 69.4 Å². The van der Waals surface area contributed by atoms with E-state index in [4.69, 9.17) is 11.6 Å². The van der Waals surface area contributed by atoms with Gasteiger partial charge in [-0.2, -0.15) is 0 Å². The first kappa shape index (κ1) is 18.9. The zero-order chi connectivity index (χ0) is 19.9. The van der Waals surface area contributed by atoms with Crippen LogP contribution in [0, 0.1) is 0 Å². The van der Waals surface area contributed by atoms with Crippen LogP contribution in [0.5, 0.6) is 0 Å². The molecule has 0 saturated carbocycles. The van der Waals surface area contributed by atoms with E-state index in [9.17, 15) is 9.59 Å². The highest BCUT2D eigenvalue weighted by atomic mass is 35.5. The molecule has 2 aromatic carbocycles. The highest BCUT2D eigenvalue weighted by Crippen LogP contribution is 2.31. The van der Waals surface area contributed by atoms with Gasteiger partial charge in [0.1, 0.15) is 5.54 Å². The molecule has 1 aliphatic heterocycles. The zero-order valence-corrected chi connectivity index (χ0v) is 17.2. The number of fused-ring (bicyclic) bond motifs is 1. The number of hydrogen-bond donors (Lipinski definition) is 1. The monoisotopic (exact) mass is 413 g/mol. The predicted octanol–water partition coefficient (Wildman–Crippen LogP) is 4.41. The molecule has 4 rings (SSSR count). The molecule has 3 aromatic rings. The Labute approximate surface area is 172 Å². The molecule has 1 aliphatic rings. The molecule has 1 aromatic heterocycles. The number of halogens is 1. The summed E-state index contributed by atoms with van der Waals surface area (Å²) in [6, 6.07) is 17.2. The van der Waals surface area contributed by atoms with Crippen molar-refractivity contribution in [3.8, 4) is 0 Å². The number of thiophene rings is 1. The van der Waals surface area contributed by atoms with E-state index in [1.807, 2.05) is 66.5 Å². The highest BCUT2D eigenvalue weighted by molar-refractivity contribution is 7.16. The maximum Gasteiger partial charge on any atom is 0.326 e. The minimum atomic E-state index is -1.08. The van der Waals surface area contributed by atoms with E-state index in [1.54, 1.807) is 6.92 Å². The van der Waals surface area contributed by atoms with Crippen LogP contribution < -0.4 is 5.32 Å². The molecule has 1 fully saturated rings. The molecule has 2 heterocycles. The van der Waals surface area contributed by atoms with Crippen molar-refractivity contribution in [1.29, 1.82) is 0 Å². The van der Waals surface area contributed by atoms with Gasteiger partial charge in [0.25, 0.3) is 5.91 Å². The van der Waals surface area contributed by atoms with Crippen molar-refractivity contribution in [2.24, 2.45) is 0 Å². The molecule has 3 amide bonds. The molecule has 0 aliphatic carbocycles. The fourth-order valence-electron chi connectivity index (χ4n) is 3.52. The number of imide groups is 1. The molecule has 0 bridgehead atoms. The van der Waals surface area contributed by atoms with Crippen molar-refractivity contribution >= 4 is 45.6 Å². The fraction of sp³-hybridized carbons (Fsp3) is 0.238. The molecule has 28 heavy (non-hydrogen) atoms. The lowest BCUT2D eigenvalue weighted by atomic mass is 9.90. The van der Waals surface area contributed by atoms with Gasteiger partial charge in [-0.1, -0.05) is 48.0 Å². The van der Waals surface area contributed by atoms with E-state index >= 15 is 0 Å². The number of nitrogens with zero attached hydrogens (tertiary/aromatic N) is 2. The lowest BCUT2D eigenvalue weighted by Crippen LogP contribution is -2.42. The average molecular weight is 414 g/mol. The summed E-state index contributed by atoms with van der Waals surface area (Å²) >= 11 is 7.47. The Morgan fingerprint density at radius 3 is 2.57 bits per heavy atom. The molecular weight excluding hydrogens is 394 g/mol. The Balaban J connectivity index is 1.55. The van der Waals surface area contributed by atoms with Crippen molar-refractivity contribution in [2.45, 2.75) is 19.0 Å². The van der Waals surface area contributed by atoms with Crippen molar-refractivity contribution in [1.82, 2.24) is 15.1 Å². The van der Waals surface area contributed by atoms with Crippen LogP contribution >= 0.6 is 22.9 Å². The van der Waals surface area contributed by atoms with E-state index < -0.39 is 5.54 Å². The van der Waals surface area contributed by atoms with Gasteiger partial charge in [0.05, 0.1) is 11.0 Å². The van der Waals surface area contributed by atoms with E-state index in [0.29, 0.717) is 6.54 Å². The van der Waals surface area contributed by atoms with E-state index in [0.717, 1.165) is 25.5 Å². The molecule has 5 nitrogen and oxygen atoms in total. The largest absolute Gasteiger partial charge is 0.326 e. The van der Waals surface area contributed by atoms with Gasteiger partial charge < -0.3 is 5.32 Å². The number of carbonyl (C=O) groups is 2. The Hall–Kier alpha value is -2.41. The fourth-order valence-corrected chi connectivity index (χ4v) is 4.68. The third-order valence-electron chi connectivity index (χ3n) is 5.04. The first-order chi connectivity index (χ1) is 13.4. The standard InChI is InChI=1S/C21H20ClN3O2S/c1-21(16-8-7-14-5-3-4-6-15(14)11-16)19(26)25(20(27)23-21)13-24(2)12-17-9-10-18(22)28-17/h3-11H,12-13H2,1-2H3,(H,23,27)/t21-/m1/s1. The molecule has 0 radical (unpaired) electrons. The maximum atomic E-state index is 13.2. The van der Waals surface area contributed by atoms with Crippen molar-refractivity contribution in [2.75, 3.05) is 13.7 Å². The second-order valence-corrected chi connectivity index (χ2v) is 9.01. The van der Waals surface area contributed by atoms with E-state index in [2.05, 4.69) is 5.32 Å². The van der Waals surface area contributed by atoms with Gasteiger partial charge in [0.15, 0.2) is 0 Å². The molecule has 144 valence electrons. The third-order valence-corrected chi connectivity index (χ3v) is 6.26. The molecular formula is C21H20ClN3O2S. The van der Waals surface area contributed by atoms with E-state index in [1.165, 1.54) is 16.2 Å². The first-order valence-electron chi connectivity index (χ1n) is 8.93. The molecule has 1 N–H and O–H groups in total. The molecule has 0 spiro atoms. The average Bonchev–Trinajstić information content (AvgIpc) is 3.17. The minimum Gasteiger partial charge on any atom is -0.319 e. The van der Waals surface area contributed by atoms with Crippen LogP contribution in [0.25, 0.3) is 10.8 Å². The lowest BCUT2D eigenvalue weighted by Gasteiger charge is -2.25. The quantitative estimate of drug-likeness (QED) is 0.630. The number of hydrogen-bond acceptors (Lipinski definition) is 4. The van der Waals surface area contributed by atoms with Crippen molar-refractivity contribution in [3.63, 3.8) is 0 Å². The highest BCUT2D eigenvalue weighted by Gasteiger charge is 2.49. The number of amides is 3. The van der Waals surface area contributed by atoms with Crippen molar-refractivity contribution < 1.29 is 9.59 Å². The molecule has 1 saturated heterocycles. The topological polar surface area (TPSA) is 52.6 Å². The van der Waals surface area contributed by atoms with Crippen LogP contribution in [-0.2, 0) is 16.9 Å². The van der Waals surface area contributed by atoms with Crippen LogP contribution in [-0.4, -0.2) is 35.5 Å². The number of nitrogens with one attached hydrogen (secondary N) is 1. The van der Waals surface area contributed by atoms with Crippen LogP contribution in [0.3, 0.4) is 0 Å². The number of urea groups is 1. The maximum absolute atomic E-state index is 13.2. The minimum absolute atomic E-state index is 0.212. The van der Waals surface area contributed by atoms with Gasteiger partial charge in [-0.25, -0.2) is 9.69 Å². The summed E-state index contributed by atoms with van der Waals surface area (Å²) in [7, 11) is 1.87. The van der Waals surface area contributed by atoms with Gasteiger partial charge in [0.2, 0.25) is 0 Å². The van der Waals surface area contributed by atoms with Crippen LogP contribution in [0.2, 0.25) is 4.34 Å². The van der Waals surface area contributed by atoms with Crippen LogP contribution in [0.1, 0.15) is 17.4 Å². The summed E-state index contributed by atoms with van der Waals surface area (Å²) in [5.41, 5.74) is -0.298. The zero-order valence-electron chi connectivity index (χ0n) is 15.6. The first-order valence-corrected chi connectivity index (χ1v) is 10.1. The summed E-state index contributed by atoms with van der Waals surface area (Å²) < 4.78 is 0.724. The SMILES string of the molecule is CN(Cc1ccc(Cl)s1)CN1C(=O)N[C@](C)(c2ccc3ccccc3c2)C1=O. The van der Waals surface area contributed by atoms with Gasteiger partial charge in [-0.05, 0) is 48.5 Å². The summed E-state index contributed by atoms with van der Waals surface area (Å²) in [4.78, 5) is 30.0. The lowest BCUT2D eigenvalue weighted by molar-refractivity contribution is -0.132. The second-order valence-electron chi connectivity index (χ2n) is 7.21. The Kier molecular flexibility index (Phi) is 4.87. The number of benzene rings is 2. The Bertz CT molecular complexity index is 1070. The van der Waals surface area contributed by atoms with Gasteiger partial charge in [0, 0.05) is 11.4 Å². The summed E-state index contributed by atoms with van der Waals surface area (Å²) in [6.07, 6.45) is 0. The smallest absolute Gasteiger partial charge is 0.319 e.